The summed E-state index contributed by atoms with van der Waals surface area (Å²) in [5.41, 5.74) is 1.18. The van der Waals surface area contributed by atoms with Gasteiger partial charge in [-0.3, -0.25) is 4.68 Å². The van der Waals surface area contributed by atoms with Crippen LogP contribution >= 0.6 is 0 Å². The van der Waals surface area contributed by atoms with Crippen molar-refractivity contribution in [2.24, 2.45) is 0 Å². The number of aromatic nitrogens is 2. The molecule has 0 saturated carbocycles. The Hall–Kier alpha value is -1.03. The van der Waals surface area contributed by atoms with Crippen LogP contribution in [0.2, 0.25) is 0 Å². The van der Waals surface area contributed by atoms with Crippen LogP contribution < -0.4 is 10.1 Å². The molecule has 0 aliphatic carbocycles. The maximum Gasteiger partial charge on any atom is 0.161 e. The molecule has 1 unspecified atom stereocenters. The fourth-order valence-corrected chi connectivity index (χ4v) is 2.20. The summed E-state index contributed by atoms with van der Waals surface area (Å²) in [6.07, 6.45) is 5.21. The Balaban J connectivity index is 3.02. The van der Waals surface area contributed by atoms with Crippen molar-refractivity contribution in [2.45, 2.75) is 59.0 Å². The minimum atomic E-state index is 0.329. The molecular formula is C14H27N3O. The second kappa shape index (κ2) is 7.41. The molecule has 1 aromatic heterocycles. The third-order valence-corrected chi connectivity index (χ3v) is 3.06. The Morgan fingerprint density at radius 3 is 2.56 bits per heavy atom. The molecule has 0 radical (unpaired) electrons. The summed E-state index contributed by atoms with van der Waals surface area (Å²) >= 11 is 0. The van der Waals surface area contributed by atoms with Crippen LogP contribution in [0, 0.1) is 0 Å². The molecule has 1 heterocycles. The highest BCUT2D eigenvalue weighted by Gasteiger charge is 2.21. The summed E-state index contributed by atoms with van der Waals surface area (Å²) in [4.78, 5) is 0. The molecule has 1 N–H and O–H groups in total. The van der Waals surface area contributed by atoms with Crippen LogP contribution in [0.3, 0.4) is 0 Å². The molecule has 0 aromatic carbocycles. The maximum atomic E-state index is 5.46. The van der Waals surface area contributed by atoms with E-state index in [0.29, 0.717) is 12.1 Å². The van der Waals surface area contributed by atoms with Gasteiger partial charge in [0.1, 0.15) is 0 Å². The third kappa shape index (κ3) is 3.48. The maximum absolute atomic E-state index is 5.46. The Morgan fingerprint density at radius 2 is 2.06 bits per heavy atom. The number of nitrogens with one attached hydrogen (secondary N) is 1. The average molecular weight is 253 g/mol. The van der Waals surface area contributed by atoms with E-state index in [0.717, 1.165) is 31.6 Å². The normalized spacial score (nSPS) is 13.0. The van der Waals surface area contributed by atoms with Gasteiger partial charge in [-0.15, -0.1) is 0 Å². The molecule has 1 rings (SSSR count). The quantitative estimate of drug-likeness (QED) is 0.772. The second-order valence-electron chi connectivity index (χ2n) is 4.93. The Bertz CT molecular complexity index is 347. The van der Waals surface area contributed by atoms with Crippen LogP contribution in [0.4, 0.5) is 0 Å². The van der Waals surface area contributed by atoms with Crippen LogP contribution in [0.15, 0.2) is 6.20 Å². The van der Waals surface area contributed by atoms with Crippen LogP contribution in [0.25, 0.3) is 0 Å². The third-order valence-electron chi connectivity index (χ3n) is 3.06. The molecule has 0 aliphatic rings. The molecule has 0 saturated heterocycles. The van der Waals surface area contributed by atoms with Gasteiger partial charge in [-0.25, -0.2) is 0 Å². The van der Waals surface area contributed by atoms with Gasteiger partial charge in [-0.05, 0) is 33.2 Å². The smallest absolute Gasteiger partial charge is 0.161 e. The number of methoxy groups -OCH3 is 1. The lowest BCUT2D eigenvalue weighted by Gasteiger charge is -2.22. The SMILES string of the molecule is CCCNC(CCC)c1c(OC)cnn1C(C)C. The van der Waals surface area contributed by atoms with Gasteiger partial charge in [-0.2, -0.15) is 5.10 Å². The van der Waals surface area contributed by atoms with Crippen molar-refractivity contribution in [2.75, 3.05) is 13.7 Å². The van der Waals surface area contributed by atoms with Gasteiger partial charge in [0, 0.05) is 6.04 Å². The zero-order chi connectivity index (χ0) is 13.5. The van der Waals surface area contributed by atoms with Gasteiger partial charge < -0.3 is 10.1 Å². The molecule has 18 heavy (non-hydrogen) atoms. The lowest BCUT2D eigenvalue weighted by molar-refractivity contribution is 0.375. The van der Waals surface area contributed by atoms with Crippen molar-refractivity contribution in [3.05, 3.63) is 11.9 Å². The standard InChI is InChI=1S/C14H27N3O/c1-6-8-12(15-9-7-2)14-13(18-5)10-16-17(14)11(3)4/h10-12,15H,6-9H2,1-5H3. The molecule has 104 valence electrons. The van der Waals surface area contributed by atoms with Crippen LogP contribution in [-0.4, -0.2) is 23.4 Å². The first kappa shape index (κ1) is 15.0. The van der Waals surface area contributed by atoms with E-state index in [-0.39, 0.29) is 0 Å². The fourth-order valence-electron chi connectivity index (χ4n) is 2.20. The zero-order valence-electron chi connectivity index (χ0n) is 12.4. The minimum Gasteiger partial charge on any atom is -0.493 e. The molecule has 1 atom stereocenters. The topological polar surface area (TPSA) is 39.1 Å². The molecule has 0 bridgehead atoms. The highest BCUT2D eigenvalue weighted by molar-refractivity contribution is 5.28. The summed E-state index contributed by atoms with van der Waals surface area (Å²) < 4.78 is 7.53. The number of hydrogen-bond donors (Lipinski definition) is 1. The average Bonchev–Trinajstić information content (AvgIpc) is 2.78. The van der Waals surface area contributed by atoms with Crippen molar-refractivity contribution in [3.63, 3.8) is 0 Å². The van der Waals surface area contributed by atoms with E-state index in [1.165, 1.54) is 5.69 Å². The number of hydrogen-bond acceptors (Lipinski definition) is 3. The van der Waals surface area contributed by atoms with Gasteiger partial charge in [0.2, 0.25) is 0 Å². The largest absolute Gasteiger partial charge is 0.493 e. The Labute approximate surface area is 111 Å². The summed E-state index contributed by atoms with van der Waals surface area (Å²) in [5.74, 6) is 0.894. The Morgan fingerprint density at radius 1 is 1.33 bits per heavy atom. The fraction of sp³-hybridized carbons (Fsp3) is 0.786. The molecule has 0 amide bonds. The van der Waals surface area contributed by atoms with E-state index in [2.05, 4.69) is 42.8 Å². The Kier molecular flexibility index (Phi) is 6.19. The number of nitrogens with zero attached hydrogens (tertiary/aromatic N) is 2. The van der Waals surface area contributed by atoms with E-state index in [4.69, 9.17) is 4.74 Å². The van der Waals surface area contributed by atoms with Gasteiger partial charge in [0.05, 0.1) is 25.0 Å². The molecule has 0 spiro atoms. The van der Waals surface area contributed by atoms with E-state index < -0.39 is 0 Å². The van der Waals surface area contributed by atoms with Crippen molar-refractivity contribution < 1.29 is 4.74 Å². The number of ether oxygens (including phenoxy) is 1. The monoisotopic (exact) mass is 253 g/mol. The van der Waals surface area contributed by atoms with Crippen molar-refractivity contribution >= 4 is 0 Å². The highest BCUT2D eigenvalue weighted by Crippen LogP contribution is 2.30. The summed E-state index contributed by atoms with van der Waals surface area (Å²) in [6.45, 7) is 9.73. The summed E-state index contributed by atoms with van der Waals surface area (Å²) in [5, 5.41) is 8.05. The van der Waals surface area contributed by atoms with E-state index in [9.17, 15) is 0 Å². The molecule has 0 aliphatic heterocycles. The molecule has 4 heteroatoms. The van der Waals surface area contributed by atoms with E-state index >= 15 is 0 Å². The lowest BCUT2D eigenvalue weighted by Crippen LogP contribution is -2.25. The van der Waals surface area contributed by atoms with Crippen LogP contribution in [0.5, 0.6) is 5.75 Å². The molecule has 1 aromatic rings. The van der Waals surface area contributed by atoms with Crippen molar-refractivity contribution in [3.8, 4) is 5.75 Å². The predicted octanol–water partition coefficient (Wildman–Crippen LogP) is 3.31. The minimum absolute atomic E-state index is 0.329. The van der Waals surface area contributed by atoms with Crippen molar-refractivity contribution in [1.82, 2.24) is 15.1 Å². The number of rotatable bonds is 8. The highest BCUT2D eigenvalue weighted by atomic mass is 16.5. The summed E-state index contributed by atoms with van der Waals surface area (Å²) in [7, 11) is 1.72. The van der Waals surface area contributed by atoms with Gasteiger partial charge in [0.25, 0.3) is 0 Å². The second-order valence-corrected chi connectivity index (χ2v) is 4.93. The van der Waals surface area contributed by atoms with Gasteiger partial charge in [0.15, 0.2) is 5.75 Å². The molecular weight excluding hydrogens is 226 g/mol. The molecule has 4 nitrogen and oxygen atoms in total. The van der Waals surface area contributed by atoms with Crippen LogP contribution in [-0.2, 0) is 0 Å². The first-order valence-corrected chi connectivity index (χ1v) is 7.00. The summed E-state index contributed by atoms with van der Waals surface area (Å²) in [6, 6.07) is 0.682. The lowest BCUT2D eigenvalue weighted by atomic mass is 10.1. The molecule has 0 fully saturated rings. The first-order chi connectivity index (χ1) is 8.65. The zero-order valence-corrected chi connectivity index (χ0v) is 12.4. The predicted molar refractivity (Wildman–Crippen MR) is 75.1 cm³/mol. The van der Waals surface area contributed by atoms with Gasteiger partial charge >= 0.3 is 0 Å². The van der Waals surface area contributed by atoms with E-state index in [1.807, 2.05) is 6.20 Å². The van der Waals surface area contributed by atoms with Crippen molar-refractivity contribution in [1.29, 1.82) is 0 Å². The first-order valence-electron chi connectivity index (χ1n) is 7.00. The van der Waals surface area contributed by atoms with Crippen LogP contribution in [0.1, 0.15) is 64.7 Å². The van der Waals surface area contributed by atoms with Gasteiger partial charge in [-0.1, -0.05) is 20.3 Å². The van der Waals surface area contributed by atoms with E-state index in [1.54, 1.807) is 7.11 Å².